The molecule has 1 aliphatic heterocycles. The Hall–Kier alpha value is -3.08. The van der Waals surface area contributed by atoms with Crippen LogP contribution in [0.3, 0.4) is 0 Å². The van der Waals surface area contributed by atoms with Gasteiger partial charge in [0, 0.05) is 56.3 Å². The molecule has 0 radical (unpaired) electrons. The molecule has 0 atom stereocenters. The number of carbonyl (C=O) groups excluding carboxylic acids is 2. The molecule has 0 aliphatic carbocycles. The minimum Gasteiger partial charge on any atom is -0.368 e. The zero-order valence-corrected chi connectivity index (χ0v) is 17.1. The van der Waals surface area contributed by atoms with Crippen LogP contribution >= 0.6 is 0 Å². The molecule has 1 aromatic heterocycles. The van der Waals surface area contributed by atoms with Crippen molar-refractivity contribution in [2.75, 3.05) is 31.1 Å². The number of aryl methyl sites for hydroxylation is 1. The van der Waals surface area contributed by atoms with Crippen LogP contribution in [0.4, 0.5) is 5.69 Å². The molecule has 1 fully saturated rings. The predicted octanol–water partition coefficient (Wildman–Crippen LogP) is 4.03. The van der Waals surface area contributed by atoms with Gasteiger partial charge in [-0.3, -0.25) is 14.2 Å². The molecule has 0 spiro atoms. The number of hydrogen-bond donors (Lipinski definition) is 0. The van der Waals surface area contributed by atoms with E-state index in [9.17, 15) is 9.59 Å². The number of nitrogens with zero attached hydrogens (tertiary/aromatic N) is 3. The minimum atomic E-state index is -0.0337. The van der Waals surface area contributed by atoms with Gasteiger partial charge in [0.05, 0.1) is 5.52 Å². The first-order valence-electron chi connectivity index (χ1n) is 10.2. The first kappa shape index (κ1) is 19.2. The van der Waals surface area contributed by atoms with E-state index in [1.807, 2.05) is 35.2 Å². The third-order valence-corrected chi connectivity index (χ3v) is 5.97. The third-order valence-electron chi connectivity index (χ3n) is 5.97. The van der Waals surface area contributed by atoms with Gasteiger partial charge in [-0.05, 0) is 43.2 Å². The summed E-state index contributed by atoms with van der Waals surface area (Å²) in [6, 6.07) is 16.1. The fraction of sp³-hybridized carbons (Fsp3) is 0.333. The average Bonchev–Trinajstić information content (AvgIpc) is 3.18. The number of piperazine rings is 1. The van der Waals surface area contributed by atoms with Crippen molar-refractivity contribution in [1.82, 2.24) is 9.47 Å². The highest BCUT2D eigenvalue weighted by molar-refractivity contribution is 5.94. The molecule has 150 valence electrons. The molecule has 1 saturated heterocycles. The van der Waals surface area contributed by atoms with Crippen LogP contribution in [0.15, 0.2) is 54.7 Å². The van der Waals surface area contributed by atoms with Crippen LogP contribution in [-0.4, -0.2) is 47.5 Å². The average molecular weight is 389 g/mol. The Morgan fingerprint density at radius 2 is 1.55 bits per heavy atom. The van der Waals surface area contributed by atoms with Gasteiger partial charge in [-0.15, -0.1) is 0 Å². The Balaban J connectivity index is 1.32. The van der Waals surface area contributed by atoms with Crippen molar-refractivity contribution in [1.29, 1.82) is 0 Å². The maximum Gasteiger partial charge on any atom is 0.231 e. The second-order valence-corrected chi connectivity index (χ2v) is 7.73. The van der Waals surface area contributed by atoms with Gasteiger partial charge < -0.3 is 9.80 Å². The van der Waals surface area contributed by atoms with Crippen LogP contribution in [0.1, 0.15) is 28.8 Å². The maximum atomic E-state index is 12.6. The summed E-state index contributed by atoms with van der Waals surface area (Å²) in [6.45, 7) is 7.33. The summed E-state index contributed by atoms with van der Waals surface area (Å²) in [5, 5.41) is 1.04. The minimum absolute atomic E-state index is 0.0337. The molecular formula is C24H27N3O2. The van der Waals surface area contributed by atoms with Gasteiger partial charge in [0.1, 0.15) is 0 Å². The molecule has 29 heavy (non-hydrogen) atoms. The van der Waals surface area contributed by atoms with Crippen LogP contribution in [0.5, 0.6) is 0 Å². The van der Waals surface area contributed by atoms with Crippen molar-refractivity contribution < 1.29 is 9.59 Å². The van der Waals surface area contributed by atoms with E-state index in [-0.39, 0.29) is 24.7 Å². The molecule has 5 nitrogen and oxygen atoms in total. The van der Waals surface area contributed by atoms with Crippen molar-refractivity contribution in [3.05, 3.63) is 65.9 Å². The van der Waals surface area contributed by atoms with Gasteiger partial charge in [-0.25, -0.2) is 0 Å². The van der Waals surface area contributed by atoms with Gasteiger partial charge in [-0.1, -0.05) is 30.3 Å². The summed E-state index contributed by atoms with van der Waals surface area (Å²) in [7, 11) is 0. The Kier molecular flexibility index (Phi) is 5.38. The van der Waals surface area contributed by atoms with E-state index in [2.05, 4.69) is 36.9 Å². The highest BCUT2D eigenvalue weighted by Crippen LogP contribution is 2.24. The predicted molar refractivity (Wildman–Crippen MR) is 117 cm³/mol. The van der Waals surface area contributed by atoms with Crippen LogP contribution < -0.4 is 4.90 Å². The molecule has 2 aromatic carbocycles. The summed E-state index contributed by atoms with van der Waals surface area (Å²) in [5.74, 6) is 0.0315. The lowest BCUT2D eigenvalue weighted by molar-refractivity contribution is -0.131. The molecule has 0 bridgehead atoms. The SMILES string of the molecule is Cc1cccc(N2CCN(C(=O)CCC(=O)n3ccc4ccccc43)CC2)c1C. The maximum absolute atomic E-state index is 12.6. The molecular weight excluding hydrogens is 362 g/mol. The number of fused-ring (bicyclic) bond motifs is 1. The van der Waals surface area contributed by atoms with E-state index < -0.39 is 0 Å². The van der Waals surface area contributed by atoms with Gasteiger partial charge >= 0.3 is 0 Å². The Bertz CT molecular complexity index is 1050. The third kappa shape index (κ3) is 3.90. The number of benzene rings is 2. The lowest BCUT2D eigenvalue weighted by atomic mass is 10.1. The molecule has 0 N–H and O–H groups in total. The molecule has 0 saturated carbocycles. The summed E-state index contributed by atoms with van der Waals surface area (Å²) in [5.41, 5.74) is 4.74. The van der Waals surface area contributed by atoms with Crippen LogP contribution in [0.2, 0.25) is 0 Å². The van der Waals surface area contributed by atoms with E-state index in [0.717, 1.165) is 24.0 Å². The Labute approximate surface area is 171 Å². The van der Waals surface area contributed by atoms with E-state index in [1.54, 1.807) is 10.8 Å². The molecule has 5 heteroatoms. The quantitative estimate of drug-likeness (QED) is 0.677. The van der Waals surface area contributed by atoms with Crippen molar-refractivity contribution in [3.8, 4) is 0 Å². The lowest BCUT2D eigenvalue weighted by Gasteiger charge is -2.37. The van der Waals surface area contributed by atoms with E-state index >= 15 is 0 Å². The van der Waals surface area contributed by atoms with Crippen LogP contribution in [0, 0.1) is 13.8 Å². The van der Waals surface area contributed by atoms with Gasteiger partial charge in [-0.2, -0.15) is 0 Å². The van der Waals surface area contributed by atoms with Gasteiger partial charge in [0.15, 0.2) is 0 Å². The second-order valence-electron chi connectivity index (χ2n) is 7.73. The fourth-order valence-corrected chi connectivity index (χ4v) is 4.07. The molecule has 1 amide bonds. The zero-order chi connectivity index (χ0) is 20.4. The lowest BCUT2D eigenvalue weighted by Crippen LogP contribution is -2.49. The molecule has 2 heterocycles. The number of carbonyl (C=O) groups is 2. The number of rotatable bonds is 4. The van der Waals surface area contributed by atoms with Crippen molar-refractivity contribution in [3.63, 3.8) is 0 Å². The highest BCUT2D eigenvalue weighted by Gasteiger charge is 2.23. The summed E-state index contributed by atoms with van der Waals surface area (Å²) >= 11 is 0. The zero-order valence-electron chi connectivity index (χ0n) is 17.1. The van der Waals surface area contributed by atoms with Crippen molar-refractivity contribution in [2.45, 2.75) is 26.7 Å². The first-order chi connectivity index (χ1) is 14.0. The number of aromatic nitrogens is 1. The standard InChI is InChI=1S/C24H27N3O2/c1-18-6-5-9-21(19(18)2)25-14-16-26(17-15-25)23(28)10-11-24(29)27-13-12-20-7-3-4-8-22(20)27/h3-9,12-13H,10-11,14-17H2,1-2H3. The summed E-state index contributed by atoms with van der Waals surface area (Å²) in [4.78, 5) is 29.5. The monoisotopic (exact) mass is 389 g/mol. The fourth-order valence-electron chi connectivity index (χ4n) is 4.07. The molecule has 3 aromatic rings. The normalized spacial score (nSPS) is 14.4. The van der Waals surface area contributed by atoms with Gasteiger partial charge in [0.25, 0.3) is 0 Å². The Morgan fingerprint density at radius 3 is 2.34 bits per heavy atom. The molecule has 1 aliphatic rings. The van der Waals surface area contributed by atoms with Crippen molar-refractivity contribution in [2.24, 2.45) is 0 Å². The smallest absolute Gasteiger partial charge is 0.231 e. The summed E-state index contributed by atoms with van der Waals surface area (Å²) < 4.78 is 1.65. The van der Waals surface area contributed by atoms with Gasteiger partial charge in [0.2, 0.25) is 11.8 Å². The molecule has 0 unspecified atom stereocenters. The summed E-state index contributed by atoms with van der Waals surface area (Å²) in [6.07, 6.45) is 2.28. The number of hydrogen-bond acceptors (Lipinski definition) is 3. The van der Waals surface area contributed by atoms with E-state index in [0.29, 0.717) is 13.1 Å². The number of anilines is 1. The largest absolute Gasteiger partial charge is 0.368 e. The Morgan fingerprint density at radius 1 is 0.828 bits per heavy atom. The highest BCUT2D eigenvalue weighted by atomic mass is 16.2. The first-order valence-corrected chi connectivity index (χ1v) is 10.2. The van der Waals surface area contributed by atoms with E-state index in [4.69, 9.17) is 0 Å². The van der Waals surface area contributed by atoms with Crippen LogP contribution in [0.25, 0.3) is 10.9 Å². The number of para-hydroxylation sites is 1. The van der Waals surface area contributed by atoms with Crippen LogP contribution in [-0.2, 0) is 4.79 Å². The van der Waals surface area contributed by atoms with Crippen molar-refractivity contribution >= 4 is 28.4 Å². The molecule has 4 rings (SSSR count). The topological polar surface area (TPSA) is 45.6 Å². The second kappa shape index (κ2) is 8.11. The number of amides is 1. The van der Waals surface area contributed by atoms with E-state index in [1.165, 1.54) is 16.8 Å².